The molecule has 7 aromatic carbocycles. The molecule has 0 atom stereocenters. The zero-order valence-corrected chi connectivity index (χ0v) is 28.2. The monoisotopic (exact) mass is 668 g/mol. The highest BCUT2D eigenvalue weighted by Crippen LogP contribution is 2.42. The average Bonchev–Trinajstić information content (AvgIpc) is 3.86. The van der Waals surface area contributed by atoms with Crippen LogP contribution >= 0.6 is 11.3 Å². The van der Waals surface area contributed by atoms with Gasteiger partial charge in [0.2, 0.25) is 5.95 Å². The maximum Gasteiger partial charge on any atom is 0.235 e. The van der Waals surface area contributed by atoms with Gasteiger partial charge in [-0.15, -0.1) is 11.3 Å². The SMILES string of the molecule is c1ccc(-c2cccc3c4ccccc4n(-c4cccc(-c5nc(-n6c7ccccc7c7ccccc76)nc6c5sc5ccccc56)c4)c23)cc1. The van der Waals surface area contributed by atoms with Crippen molar-refractivity contribution in [2.24, 2.45) is 0 Å². The molecule has 4 aromatic heterocycles. The Labute approximate surface area is 297 Å². The van der Waals surface area contributed by atoms with Gasteiger partial charge in [0.25, 0.3) is 0 Å². The van der Waals surface area contributed by atoms with Crippen LogP contribution in [-0.2, 0) is 0 Å². The summed E-state index contributed by atoms with van der Waals surface area (Å²) in [5, 5.41) is 6.00. The Morgan fingerprint density at radius 3 is 1.75 bits per heavy atom. The molecule has 0 aliphatic rings. The molecule has 0 unspecified atom stereocenters. The molecule has 0 saturated heterocycles. The first-order chi connectivity index (χ1) is 25.3. The summed E-state index contributed by atoms with van der Waals surface area (Å²) in [6, 6.07) is 60.6. The van der Waals surface area contributed by atoms with Crippen molar-refractivity contribution >= 4 is 75.3 Å². The molecule has 11 rings (SSSR count). The van der Waals surface area contributed by atoms with Crippen LogP contribution in [0, 0.1) is 0 Å². The van der Waals surface area contributed by atoms with Gasteiger partial charge in [-0.25, -0.2) is 9.97 Å². The van der Waals surface area contributed by atoms with Gasteiger partial charge >= 0.3 is 0 Å². The highest BCUT2D eigenvalue weighted by atomic mass is 32.1. The number of hydrogen-bond acceptors (Lipinski definition) is 3. The first kappa shape index (κ1) is 28.3. The first-order valence-corrected chi connectivity index (χ1v) is 18.0. The fourth-order valence-corrected chi connectivity index (χ4v) is 9.10. The van der Waals surface area contributed by atoms with Crippen LogP contribution in [0.1, 0.15) is 0 Å². The Balaban J connectivity index is 1.21. The molecule has 0 amide bonds. The van der Waals surface area contributed by atoms with E-state index < -0.39 is 0 Å². The molecule has 0 radical (unpaired) electrons. The zero-order chi connectivity index (χ0) is 33.5. The fourth-order valence-electron chi connectivity index (χ4n) is 7.94. The summed E-state index contributed by atoms with van der Waals surface area (Å²) in [5.74, 6) is 0.673. The van der Waals surface area contributed by atoms with Crippen molar-refractivity contribution in [1.29, 1.82) is 0 Å². The quantitative estimate of drug-likeness (QED) is 0.187. The van der Waals surface area contributed by atoms with Crippen molar-refractivity contribution in [3.8, 4) is 34.0 Å². The molecule has 5 heteroatoms. The summed E-state index contributed by atoms with van der Waals surface area (Å²) in [5.41, 5.74) is 11.0. The van der Waals surface area contributed by atoms with E-state index in [0.29, 0.717) is 5.95 Å². The van der Waals surface area contributed by atoms with Gasteiger partial charge in [0.05, 0.1) is 38.0 Å². The molecule has 0 spiro atoms. The van der Waals surface area contributed by atoms with E-state index in [1.54, 1.807) is 11.3 Å². The Bertz CT molecular complexity index is 3090. The molecule has 0 aliphatic carbocycles. The van der Waals surface area contributed by atoms with Crippen LogP contribution in [0.3, 0.4) is 0 Å². The largest absolute Gasteiger partial charge is 0.309 e. The Hall–Kier alpha value is -6.56. The van der Waals surface area contributed by atoms with E-state index >= 15 is 0 Å². The second kappa shape index (κ2) is 11.0. The van der Waals surface area contributed by atoms with Gasteiger partial charge < -0.3 is 4.57 Å². The maximum absolute atomic E-state index is 5.47. The topological polar surface area (TPSA) is 35.6 Å². The lowest BCUT2D eigenvalue weighted by Gasteiger charge is -2.14. The minimum atomic E-state index is 0.673. The van der Waals surface area contributed by atoms with E-state index in [1.807, 2.05) is 0 Å². The molecule has 0 saturated carbocycles. The van der Waals surface area contributed by atoms with Crippen LogP contribution in [0.25, 0.3) is 97.9 Å². The summed E-state index contributed by atoms with van der Waals surface area (Å²) < 4.78 is 6.94. The van der Waals surface area contributed by atoms with Crippen LogP contribution in [0.4, 0.5) is 0 Å². The molecule has 0 N–H and O–H groups in total. The van der Waals surface area contributed by atoms with Crippen molar-refractivity contribution in [3.63, 3.8) is 0 Å². The summed E-state index contributed by atoms with van der Waals surface area (Å²) in [6.45, 7) is 0. The second-order valence-corrected chi connectivity index (χ2v) is 14.0. The standard InChI is InChI=1S/C46H28N4S/c1-2-14-29(15-3-1)32-22-13-23-36-35-20-6-8-24-38(35)49(44(32)36)31-17-12-16-30(28-31)42-45-43(37-21-7-11-27-41(37)51-45)48-46(47-42)50-39-25-9-4-18-33(39)34-19-5-10-26-40(34)50/h1-28H. The molecule has 0 fully saturated rings. The number of aromatic nitrogens is 4. The third kappa shape index (κ3) is 4.19. The van der Waals surface area contributed by atoms with Crippen LogP contribution in [-0.4, -0.2) is 19.1 Å². The fraction of sp³-hybridized carbons (Fsp3) is 0. The maximum atomic E-state index is 5.47. The number of rotatable bonds is 4. The number of benzene rings is 7. The Morgan fingerprint density at radius 2 is 1.00 bits per heavy atom. The van der Waals surface area contributed by atoms with Crippen molar-refractivity contribution in [3.05, 3.63) is 170 Å². The Morgan fingerprint density at radius 1 is 0.431 bits per heavy atom. The van der Waals surface area contributed by atoms with Gasteiger partial charge in [0, 0.05) is 48.4 Å². The molecular formula is C46H28N4S. The number of hydrogen-bond donors (Lipinski definition) is 0. The lowest BCUT2D eigenvalue weighted by Crippen LogP contribution is -2.03. The molecule has 0 aliphatic heterocycles. The lowest BCUT2D eigenvalue weighted by molar-refractivity contribution is 1.02. The highest BCUT2D eigenvalue weighted by molar-refractivity contribution is 7.26. The van der Waals surface area contributed by atoms with E-state index in [-0.39, 0.29) is 0 Å². The van der Waals surface area contributed by atoms with Crippen LogP contribution < -0.4 is 0 Å². The van der Waals surface area contributed by atoms with Crippen LogP contribution in [0.15, 0.2) is 170 Å². The minimum Gasteiger partial charge on any atom is -0.309 e. The van der Waals surface area contributed by atoms with E-state index in [2.05, 4.69) is 179 Å². The number of para-hydroxylation sites is 4. The van der Waals surface area contributed by atoms with E-state index in [9.17, 15) is 0 Å². The average molecular weight is 669 g/mol. The van der Waals surface area contributed by atoms with E-state index in [0.717, 1.165) is 43.6 Å². The van der Waals surface area contributed by atoms with Gasteiger partial charge in [-0.2, -0.15) is 0 Å². The molecule has 0 bridgehead atoms. The molecule has 51 heavy (non-hydrogen) atoms. The molecular weight excluding hydrogens is 641 g/mol. The first-order valence-electron chi connectivity index (χ1n) is 17.2. The van der Waals surface area contributed by atoms with Crippen molar-refractivity contribution in [2.45, 2.75) is 0 Å². The summed E-state index contributed by atoms with van der Waals surface area (Å²) >= 11 is 1.76. The van der Waals surface area contributed by atoms with Crippen molar-refractivity contribution in [2.75, 3.05) is 0 Å². The number of nitrogens with zero attached hydrogens (tertiary/aromatic N) is 4. The van der Waals surface area contributed by atoms with Gasteiger partial charge in [-0.05, 0) is 42.0 Å². The Kier molecular flexibility index (Phi) is 6.09. The normalized spacial score (nSPS) is 11.9. The predicted octanol–water partition coefficient (Wildman–Crippen LogP) is 12.4. The predicted molar refractivity (Wildman–Crippen MR) is 214 cm³/mol. The van der Waals surface area contributed by atoms with Gasteiger partial charge in [0.1, 0.15) is 0 Å². The van der Waals surface area contributed by atoms with Gasteiger partial charge in [0.15, 0.2) is 0 Å². The number of thiophene rings is 1. The van der Waals surface area contributed by atoms with Crippen LogP contribution in [0.5, 0.6) is 0 Å². The molecule has 11 aromatic rings. The van der Waals surface area contributed by atoms with Gasteiger partial charge in [-0.1, -0.05) is 133 Å². The smallest absolute Gasteiger partial charge is 0.235 e. The van der Waals surface area contributed by atoms with E-state index in [4.69, 9.17) is 9.97 Å². The molecule has 238 valence electrons. The molecule has 4 heterocycles. The van der Waals surface area contributed by atoms with Gasteiger partial charge in [-0.3, -0.25) is 4.57 Å². The lowest BCUT2D eigenvalue weighted by atomic mass is 10.0. The molecule has 4 nitrogen and oxygen atoms in total. The van der Waals surface area contributed by atoms with Crippen molar-refractivity contribution < 1.29 is 0 Å². The highest BCUT2D eigenvalue weighted by Gasteiger charge is 2.21. The van der Waals surface area contributed by atoms with Crippen LogP contribution in [0.2, 0.25) is 0 Å². The third-order valence-corrected chi connectivity index (χ3v) is 11.3. The minimum absolute atomic E-state index is 0.673. The third-order valence-electron chi connectivity index (χ3n) is 10.1. The zero-order valence-electron chi connectivity index (χ0n) is 27.4. The second-order valence-electron chi connectivity index (χ2n) is 13.0. The summed E-state index contributed by atoms with van der Waals surface area (Å²) in [7, 11) is 0. The van der Waals surface area contributed by atoms with Crippen molar-refractivity contribution in [1.82, 2.24) is 19.1 Å². The summed E-state index contributed by atoms with van der Waals surface area (Å²) in [6.07, 6.45) is 0. The van der Waals surface area contributed by atoms with E-state index in [1.165, 1.54) is 48.4 Å². The number of fused-ring (bicyclic) bond motifs is 9. The summed E-state index contributed by atoms with van der Waals surface area (Å²) in [4.78, 5) is 10.8.